The van der Waals surface area contributed by atoms with Gasteiger partial charge in [0.05, 0.1) is 22.5 Å². The summed E-state index contributed by atoms with van der Waals surface area (Å²) in [6, 6.07) is 64.6. The van der Waals surface area contributed by atoms with E-state index in [9.17, 15) is 0 Å². The van der Waals surface area contributed by atoms with E-state index in [4.69, 9.17) is 4.98 Å². The van der Waals surface area contributed by atoms with Crippen LogP contribution >= 0.6 is 11.3 Å². The average Bonchev–Trinajstić information content (AvgIpc) is 3.86. The van der Waals surface area contributed by atoms with Crippen molar-refractivity contribution in [1.82, 2.24) is 14.5 Å². The van der Waals surface area contributed by atoms with Crippen LogP contribution in [0.1, 0.15) is 16.7 Å². The normalized spacial score (nSPS) is 10.9. The molecule has 1 radical (unpaired) electrons. The second-order valence-corrected chi connectivity index (χ2v) is 15.1. The first kappa shape index (κ1) is 38.6. The molecule has 283 valence electrons. The third kappa shape index (κ3) is 7.60. The van der Waals surface area contributed by atoms with Crippen molar-refractivity contribution >= 4 is 32.5 Å². The molecule has 0 aliphatic carbocycles. The average molecular weight is 942 g/mol. The molecule has 0 aliphatic rings. The van der Waals surface area contributed by atoms with Crippen LogP contribution in [0, 0.1) is 32.2 Å². The molecule has 10 aromatic rings. The zero-order valence-corrected chi connectivity index (χ0v) is 35.6. The molecule has 0 saturated carbocycles. The van der Waals surface area contributed by atoms with E-state index in [1.807, 2.05) is 42.5 Å². The maximum absolute atomic E-state index is 5.34. The van der Waals surface area contributed by atoms with Crippen LogP contribution in [0.5, 0.6) is 0 Å². The summed E-state index contributed by atoms with van der Waals surface area (Å²) in [5, 5.41) is 4.87. The summed E-state index contributed by atoms with van der Waals surface area (Å²) >= 11 is 1.66. The van der Waals surface area contributed by atoms with Gasteiger partial charge in [-0.3, -0.25) is 16.3 Å². The van der Waals surface area contributed by atoms with E-state index in [0.717, 1.165) is 50.5 Å². The largest absolute Gasteiger partial charge is 0.332 e. The van der Waals surface area contributed by atoms with Crippen molar-refractivity contribution in [1.29, 1.82) is 0 Å². The van der Waals surface area contributed by atoms with Crippen LogP contribution in [-0.2, 0) is 20.1 Å². The van der Waals surface area contributed by atoms with Gasteiger partial charge in [0.25, 0.3) is 0 Å². The van der Waals surface area contributed by atoms with Crippen LogP contribution in [-0.4, -0.2) is 14.5 Å². The van der Waals surface area contributed by atoms with Crippen molar-refractivity contribution in [2.75, 3.05) is 0 Å². The van der Waals surface area contributed by atoms with Gasteiger partial charge >= 0.3 is 0 Å². The second kappa shape index (κ2) is 17.1. The van der Waals surface area contributed by atoms with Gasteiger partial charge in [0.1, 0.15) is 0 Å². The quantitative estimate of drug-likeness (QED) is 0.156. The van der Waals surface area contributed by atoms with Gasteiger partial charge in [-0.1, -0.05) is 155 Å². The van der Waals surface area contributed by atoms with E-state index in [-0.39, 0.29) is 20.1 Å². The Bertz CT molecular complexity index is 2850. The maximum atomic E-state index is 5.34. The number of imidazole rings is 1. The number of hydrogen-bond acceptors (Lipinski definition) is 3. The van der Waals surface area contributed by atoms with Gasteiger partial charge in [-0.25, -0.2) is 0 Å². The van der Waals surface area contributed by atoms with Gasteiger partial charge in [-0.2, -0.15) is 0 Å². The number of benzene rings is 7. The number of rotatable bonds is 6. The maximum Gasteiger partial charge on any atom is 0.0774 e. The Hall–Kier alpha value is -6.23. The molecule has 3 nitrogen and oxygen atoms in total. The molecule has 0 amide bonds. The van der Waals surface area contributed by atoms with E-state index in [0.29, 0.717) is 0 Å². The zero-order chi connectivity index (χ0) is 38.7. The Labute approximate surface area is 357 Å². The molecule has 0 aliphatic heterocycles. The van der Waals surface area contributed by atoms with Gasteiger partial charge in [0, 0.05) is 37.4 Å². The van der Waals surface area contributed by atoms with E-state index in [1.54, 1.807) is 17.5 Å². The first-order chi connectivity index (χ1) is 28.0. The van der Waals surface area contributed by atoms with E-state index in [2.05, 4.69) is 175 Å². The van der Waals surface area contributed by atoms with Crippen LogP contribution in [0.25, 0.3) is 82.8 Å². The molecule has 7 aromatic carbocycles. The number of hydrogen-bond donors (Lipinski definition) is 0. The molecule has 58 heavy (non-hydrogen) atoms. The summed E-state index contributed by atoms with van der Waals surface area (Å²) in [6.07, 6.45) is 1.79. The molecule has 5 heteroatoms. The molecular formula is C53H39IrN3S-2. The molecule has 0 fully saturated rings. The van der Waals surface area contributed by atoms with Crippen molar-refractivity contribution in [2.24, 2.45) is 0 Å². The molecule has 0 bridgehead atoms. The number of thiophene rings is 1. The Morgan fingerprint density at radius 2 is 1.24 bits per heavy atom. The van der Waals surface area contributed by atoms with Gasteiger partial charge < -0.3 is 9.55 Å². The summed E-state index contributed by atoms with van der Waals surface area (Å²) in [6.45, 7) is 6.59. The van der Waals surface area contributed by atoms with Gasteiger partial charge in [-0.15, -0.1) is 41.3 Å². The Balaban J connectivity index is 0.000000309. The monoisotopic (exact) mass is 942 g/mol. The molecule has 0 atom stereocenters. The Kier molecular flexibility index (Phi) is 11.4. The van der Waals surface area contributed by atoms with Crippen molar-refractivity contribution in [3.63, 3.8) is 0 Å². The van der Waals surface area contributed by atoms with Gasteiger partial charge in [0.2, 0.25) is 0 Å². The molecule has 0 N–H and O–H groups in total. The number of nitrogens with zero attached hydrogens (tertiary/aromatic N) is 3. The summed E-state index contributed by atoms with van der Waals surface area (Å²) < 4.78 is 3.57. The number of fused-ring (bicyclic) bond motifs is 2. The predicted octanol–water partition coefficient (Wildman–Crippen LogP) is 14.2. The smallest absolute Gasteiger partial charge is 0.0774 e. The van der Waals surface area contributed by atoms with E-state index in [1.165, 1.54) is 49.0 Å². The van der Waals surface area contributed by atoms with Crippen LogP contribution in [0.15, 0.2) is 182 Å². The Morgan fingerprint density at radius 1 is 0.586 bits per heavy atom. The molecular weight excluding hydrogens is 903 g/mol. The first-order valence-corrected chi connectivity index (χ1v) is 20.0. The minimum atomic E-state index is 0. The van der Waals surface area contributed by atoms with Crippen LogP contribution in [0.2, 0.25) is 0 Å². The SMILES string of the molecule is Cc1cc(C)c(-c2ccc3s[c-]c(-c4nc5ccccc5n4-c4c(-c5ccccc5)cccc4-c4ccccc4)c3c2)c(C)c1.[Ir].[c-]1ccccc1-c1ccccn1. The van der Waals surface area contributed by atoms with Crippen LogP contribution in [0.4, 0.5) is 0 Å². The third-order valence-corrected chi connectivity index (χ3v) is 11.2. The van der Waals surface area contributed by atoms with Crippen molar-refractivity contribution in [3.8, 4) is 61.7 Å². The predicted molar refractivity (Wildman–Crippen MR) is 240 cm³/mol. The number of para-hydroxylation sites is 3. The summed E-state index contributed by atoms with van der Waals surface area (Å²) in [4.78, 5) is 9.56. The van der Waals surface area contributed by atoms with Crippen molar-refractivity contribution < 1.29 is 20.1 Å². The molecule has 10 rings (SSSR count). The van der Waals surface area contributed by atoms with Gasteiger partial charge in [-0.05, 0) is 78.0 Å². The molecule has 3 aromatic heterocycles. The fourth-order valence-corrected chi connectivity index (χ4v) is 8.73. The fourth-order valence-electron chi connectivity index (χ4n) is 7.91. The standard InChI is InChI=1S/C42H31N2S.C11H8N.Ir/c1-27-23-28(2)40(29(3)24-27)32-21-22-39-35(25-32)36(26-45-39)42-43-37-19-10-11-20-38(37)44(42)41-33(30-13-6-4-7-14-30)17-12-18-34(41)31-15-8-5-9-16-31;1-2-6-10(7-3-1)11-8-4-5-9-12-11;/h4-25H,1-3H3;1-6,8-9H;/q2*-1;. The third-order valence-electron chi connectivity index (χ3n) is 10.3. The zero-order valence-electron chi connectivity index (χ0n) is 32.4. The van der Waals surface area contributed by atoms with E-state index >= 15 is 0 Å². The van der Waals surface area contributed by atoms with Crippen LogP contribution in [0.3, 0.4) is 0 Å². The van der Waals surface area contributed by atoms with Gasteiger partial charge in [0.15, 0.2) is 0 Å². The van der Waals surface area contributed by atoms with Crippen molar-refractivity contribution in [2.45, 2.75) is 20.8 Å². The topological polar surface area (TPSA) is 30.7 Å². The summed E-state index contributed by atoms with van der Waals surface area (Å²) in [7, 11) is 0. The number of aromatic nitrogens is 3. The molecule has 0 unspecified atom stereocenters. The second-order valence-electron chi connectivity index (χ2n) is 14.2. The summed E-state index contributed by atoms with van der Waals surface area (Å²) in [5.41, 5.74) is 17.2. The minimum absolute atomic E-state index is 0. The first-order valence-electron chi connectivity index (χ1n) is 19.2. The Morgan fingerprint density at radius 3 is 1.90 bits per heavy atom. The van der Waals surface area contributed by atoms with E-state index < -0.39 is 0 Å². The minimum Gasteiger partial charge on any atom is -0.332 e. The number of aryl methyl sites for hydroxylation is 3. The molecule has 3 heterocycles. The molecule has 0 spiro atoms. The summed E-state index contributed by atoms with van der Waals surface area (Å²) in [5.74, 6) is 0.900. The molecule has 0 saturated heterocycles. The number of pyridine rings is 1. The van der Waals surface area contributed by atoms with Crippen molar-refractivity contribution in [3.05, 3.63) is 210 Å². The van der Waals surface area contributed by atoms with Crippen LogP contribution < -0.4 is 0 Å². The fraction of sp³-hybridized carbons (Fsp3) is 0.0566.